The molecular formula is C12H13Cl2NO3. The molecule has 0 saturated carbocycles. The van der Waals surface area contributed by atoms with Crippen molar-refractivity contribution in [2.45, 2.75) is 13.3 Å². The summed E-state index contributed by atoms with van der Waals surface area (Å²) in [6.07, 6.45) is 0.681. The van der Waals surface area contributed by atoms with Crippen molar-refractivity contribution in [3.05, 3.63) is 33.8 Å². The number of carbonyl (C=O) groups is 2. The lowest BCUT2D eigenvalue weighted by molar-refractivity contribution is -0.137. The van der Waals surface area contributed by atoms with Crippen LogP contribution in [0.15, 0.2) is 18.2 Å². The molecule has 0 heterocycles. The third-order valence-electron chi connectivity index (χ3n) is 2.27. The predicted molar refractivity (Wildman–Crippen MR) is 70.3 cm³/mol. The first-order valence-electron chi connectivity index (χ1n) is 5.41. The largest absolute Gasteiger partial charge is 0.480 e. The van der Waals surface area contributed by atoms with Crippen molar-refractivity contribution in [1.82, 2.24) is 4.90 Å². The van der Waals surface area contributed by atoms with E-state index in [2.05, 4.69) is 0 Å². The van der Waals surface area contributed by atoms with E-state index in [1.165, 1.54) is 23.1 Å². The van der Waals surface area contributed by atoms with Gasteiger partial charge in [0.05, 0.1) is 10.0 Å². The highest BCUT2D eigenvalue weighted by molar-refractivity contribution is 6.42. The van der Waals surface area contributed by atoms with E-state index in [0.29, 0.717) is 23.6 Å². The Kier molecular flexibility index (Phi) is 5.44. The Labute approximate surface area is 115 Å². The fourth-order valence-electron chi connectivity index (χ4n) is 1.50. The van der Waals surface area contributed by atoms with Crippen molar-refractivity contribution < 1.29 is 14.7 Å². The molecule has 0 aromatic heterocycles. The maximum Gasteiger partial charge on any atom is 0.323 e. The van der Waals surface area contributed by atoms with Gasteiger partial charge in [-0.3, -0.25) is 9.59 Å². The molecule has 4 nitrogen and oxygen atoms in total. The van der Waals surface area contributed by atoms with Gasteiger partial charge in [-0.1, -0.05) is 30.1 Å². The molecule has 98 valence electrons. The lowest BCUT2D eigenvalue weighted by Crippen LogP contribution is -2.36. The van der Waals surface area contributed by atoms with Crippen molar-refractivity contribution in [3.8, 4) is 0 Å². The quantitative estimate of drug-likeness (QED) is 0.907. The molecule has 1 aromatic rings. The summed E-state index contributed by atoms with van der Waals surface area (Å²) in [5, 5.41) is 9.39. The van der Waals surface area contributed by atoms with Crippen LogP contribution in [0, 0.1) is 0 Å². The molecule has 1 rings (SSSR count). The van der Waals surface area contributed by atoms with Gasteiger partial charge in [0.25, 0.3) is 5.91 Å². The number of carbonyl (C=O) groups excluding carboxylic acids is 1. The summed E-state index contributed by atoms with van der Waals surface area (Å²) in [5.74, 6) is -1.41. The minimum Gasteiger partial charge on any atom is -0.480 e. The van der Waals surface area contributed by atoms with E-state index in [1.807, 2.05) is 6.92 Å². The van der Waals surface area contributed by atoms with Gasteiger partial charge in [0.1, 0.15) is 6.54 Å². The second-order valence-corrected chi connectivity index (χ2v) is 4.56. The average Bonchev–Trinajstić information content (AvgIpc) is 2.31. The van der Waals surface area contributed by atoms with Crippen LogP contribution in [-0.4, -0.2) is 35.0 Å². The molecule has 0 aliphatic rings. The minimum absolute atomic E-state index is 0.272. The number of carboxylic acid groups (broad SMARTS) is 1. The fourth-order valence-corrected chi connectivity index (χ4v) is 1.80. The van der Waals surface area contributed by atoms with Crippen molar-refractivity contribution in [1.29, 1.82) is 0 Å². The van der Waals surface area contributed by atoms with Gasteiger partial charge in [-0.15, -0.1) is 0 Å². The van der Waals surface area contributed by atoms with Crippen LogP contribution >= 0.6 is 23.2 Å². The number of carboxylic acids is 1. The number of aliphatic carboxylic acids is 1. The highest BCUT2D eigenvalue weighted by Crippen LogP contribution is 2.23. The number of halogens is 2. The molecule has 0 unspecified atom stereocenters. The van der Waals surface area contributed by atoms with Crippen LogP contribution in [0.2, 0.25) is 10.0 Å². The van der Waals surface area contributed by atoms with Crippen LogP contribution in [0.1, 0.15) is 23.7 Å². The number of hydrogen-bond donors (Lipinski definition) is 1. The molecule has 0 fully saturated rings. The van der Waals surface area contributed by atoms with Crippen LogP contribution < -0.4 is 0 Å². The molecule has 6 heteroatoms. The molecular weight excluding hydrogens is 277 g/mol. The van der Waals surface area contributed by atoms with Crippen LogP contribution in [-0.2, 0) is 4.79 Å². The van der Waals surface area contributed by atoms with Crippen LogP contribution in [0.3, 0.4) is 0 Å². The van der Waals surface area contributed by atoms with Gasteiger partial charge in [-0.25, -0.2) is 0 Å². The molecule has 1 aromatic carbocycles. The highest BCUT2D eigenvalue weighted by atomic mass is 35.5. The maximum absolute atomic E-state index is 12.1. The first-order valence-corrected chi connectivity index (χ1v) is 6.17. The zero-order valence-electron chi connectivity index (χ0n) is 9.82. The molecule has 0 spiro atoms. The summed E-state index contributed by atoms with van der Waals surface area (Å²) in [6.45, 7) is 1.93. The van der Waals surface area contributed by atoms with E-state index in [4.69, 9.17) is 28.3 Å². The highest BCUT2D eigenvalue weighted by Gasteiger charge is 2.18. The van der Waals surface area contributed by atoms with Gasteiger partial charge in [0.2, 0.25) is 0 Å². The molecule has 18 heavy (non-hydrogen) atoms. The van der Waals surface area contributed by atoms with Crippen molar-refractivity contribution >= 4 is 35.1 Å². The van der Waals surface area contributed by atoms with Crippen molar-refractivity contribution in [2.75, 3.05) is 13.1 Å². The smallest absolute Gasteiger partial charge is 0.323 e. The Hall–Kier alpha value is -1.26. The summed E-state index contributed by atoms with van der Waals surface area (Å²) in [6, 6.07) is 4.49. The van der Waals surface area contributed by atoms with Crippen molar-refractivity contribution in [2.24, 2.45) is 0 Å². The molecule has 0 atom stereocenters. The Morgan fingerprint density at radius 2 is 1.94 bits per heavy atom. The Bertz CT molecular complexity index is 463. The minimum atomic E-state index is -1.04. The standard InChI is InChI=1S/C12H13Cl2NO3/c1-2-5-15(7-11(16)17)12(18)8-3-4-9(13)10(14)6-8/h3-4,6H,2,5,7H2,1H3,(H,16,17). The summed E-state index contributed by atoms with van der Waals surface area (Å²) < 4.78 is 0. The monoisotopic (exact) mass is 289 g/mol. The topological polar surface area (TPSA) is 57.6 Å². The third kappa shape index (κ3) is 3.89. The summed E-state index contributed by atoms with van der Waals surface area (Å²) in [4.78, 5) is 24.1. The SMILES string of the molecule is CCCN(CC(=O)O)C(=O)c1ccc(Cl)c(Cl)c1. The van der Waals surface area contributed by atoms with Gasteiger partial charge < -0.3 is 10.0 Å². The Balaban J connectivity index is 2.93. The second kappa shape index (κ2) is 6.61. The summed E-state index contributed by atoms with van der Waals surface area (Å²) in [5.41, 5.74) is 0.333. The number of amides is 1. The lowest BCUT2D eigenvalue weighted by Gasteiger charge is -2.20. The van der Waals surface area contributed by atoms with Gasteiger partial charge in [0.15, 0.2) is 0 Å². The normalized spacial score (nSPS) is 10.2. The molecule has 0 bridgehead atoms. The second-order valence-electron chi connectivity index (χ2n) is 3.75. The Morgan fingerprint density at radius 3 is 2.44 bits per heavy atom. The number of benzene rings is 1. The van der Waals surface area contributed by atoms with E-state index >= 15 is 0 Å². The van der Waals surface area contributed by atoms with Gasteiger partial charge in [0, 0.05) is 12.1 Å². The first kappa shape index (κ1) is 14.8. The van der Waals surface area contributed by atoms with Gasteiger partial charge >= 0.3 is 5.97 Å². The first-order chi connectivity index (χ1) is 8.45. The molecule has 0 aliphatic heterocycles. The third-order valence-corrected chi connectivity index (χ3v) is 3.01. The summed E-state index contributed by atoms with van der Waals surface area (Å²) in [7, 11) is 0. The number of hydrogen-bond acceptors (Lipinski definition) is 2. The number of rotatable bonds is 5. The van der Waals surface area contributed by atoms with Crippen molar-refractivity contribution in [3.63, 3.8) is 0 Å². The fraction of sp³-hybridized carbons (Fsp3) is 0.333. The Morgan fingerprint density at radius 1 is 1.28 bits per heavy atom. The molecule has 0 aliphatic carbocycles. The zero-order chi connectivity index (χ0) is 13.7. The lowest BCUT2D eigenvalue weighted by atomic mass is 10.2. The van der Waals surface area contributed by atoms with E-state index < -0.39 is 5.97 Å². The molecule has 0 radical (unpaired) electrons. The van der Waals surface area contributed by atoms with E-state index in [0.717, 1.165) is 0 Å². The van der Waals surface area contributed by atoms with Crippen LogP contribution in [0.4, 0.5) is 0 Å². The number of nitrogens with zero attached hydrogens (tertiary/aromatic N) is 1. The predicted octanol–water partition coefficient (Wildman–Crippen LogP) is 2.93. The zero-order valence-corrected chi connectivity index (χ0v) is 11.3. The van der Waals surface area contributed by atoms with Crippen LogP contribution in [0.5, 0.6) is 0 Å². The van der Waals surface area contributed by atoms with E-state index in [1.54, 1.807) is 0 Å². The van der Waals surface area contributed by atoms with Crippen LogP contribution in [0.25, 0.3) is 0 Å². The maximum atomic E-state index is 12.1. The van der Waals surface area contributed by atoms with Gasteiger partial charge in [-0.2, -0.15) is 0 Å². The molecule has 1 N–H and O–H groups in total. The van der Waals surface area contributed by atoms with Gasteiger partial charge in [-0.05, 0) is 24.6 Å². The van der Waals surface area contributed by atoms with E-state index in [9.17, 15) is 9.59 Å². The molecule has 1 amide bonds. The van der Waals surface area contributed by atoms with E-state index in [-0.39, 0.29) is 17.5 Å². The summed E-state index contributed by atoms with van der Waals surface area (Å²) >= 11 is 11.6. The average molecular weight is 290 g/mol. The molecule has 0 saturated heterocycles.